The zero-order chi connectivity index (χ0) is 18.5. The van der Waals surface area contributed by atoms with Crippen LogP contribution in [-0.4, -0.2) is 32.0 Å². The maximum absolute atomic E-state index is 12.2. The van der Waals surface area contributed by atoms with E-state index in [0.717, 1.165) is 11.3 Å². The summed E-state index contributed by atoms with van der Waals surface area (Å²) < 4.78 is 0. The number of aromatic nitrogens is 4. The summed E-state index contributed by atoms with van der Waals surface area (Å²) in [5, 5.41) is 8.77. The molecule has 3 aromatic rings. The molecule has 0 saturated carbocycles. The van der Waals surface area contributed by atoms with Crippen LogP contribution in [0.4, 0.5) is 21.6 Å². The number of primary amides is 1. The molecule has 0 aliphatic heterocycles. The summed E-state index contributed by atoms with van der Waals surface area (Å²) in [6.45, 7) is 0. The van der Waals surface area contributed by atoms with Gasteiger partial charge in [0.2, 0.25) is 11.1 Å². The van der Waals surface area contributed by atoms with Gasteiger partial charge in [0.25, 0.3) is 0 Å². The van der Waals surface area contributed by atoms with Gasteiger partial charge in [-0.15, -0.1) is 10.2 Å². The van der Waals surface area contributed by atoms with Crippen LogP contribution in [0.3, 0.4) is 0 Å². The molecule has 0 saturated heterocycles. The van der Waals surface area contributed by atoms with Gasteiger partial charge in [-0.1, -0.05) is 29.5 Å². The Balaban J connectivity index is 1.71. The molecule has 0 fully saturated rings. The highest BCUT2D eigenvalue weighted by Gasteiger charge is 2.20. The van der Waals surface area contributed by atoms with E-state index < -0.39 is 6.03 Å². The summed E-state index contributed by atoms with van der Waals surface area (Å²) in [4.78, 5) is 32.9. The third kappa shape index (κ3) is 4.16. The van der Waals surface area contributed by atoms with Gasteiger partial charge in [-0.3, -0.25) is 4.79 Å². The minimum absolute atomic E-state index is 0.0774. The summed E-state index contributed by atoms with van der Waals surface area (Å²) in [5.74, 6) is 0.0776. The van der Waals surface area contributed by atoms with Crippen molar-refractivity contribution in [3.05, 3.63) is 53.3 Å². The van der Waals surface area contributed by atoms with Crippen LogP contribution in [0.2, 0.25) is 0 Å². The second-order valence-corrected chi connectivity index (χ2v) is 6.37. The van der Waals surface area contributed by atoms with E-state index in [-0.39, 0.29) is 24.6 Å². The Labute approximate surface area is 152 Å². The van der Waals surface area contributed by atoms with Crippen molar-refractivity contribution in [2.75, 3.05) is 10.6 Å². The molecule has 9 nitrogen and oxygen atoms in total. The molecule has 1 aromatic carbocycles. The van der Waals surface area contributed by atoms with Crippen molar-refractivity contribution in [3.8, 4) is 0 Å². The average molecular weight is 369 g/mol. The number of para-hydroxylation sites is 1. The third-order valence-corrected chi connectivity index (χ3v) is 4.27. The Morgan fingerprint density at radius 1 is 1.04 bits per heavy atom. The van der Waals surface area contributed by atoms with Gasteiger partial charge < -0.3 is 11.5 Å². The number of hydrogen-bond donors (Lipinski definition) is 2. The first-order valence-electron chi connectivity index (χ1n) is 7.58. The molecule has 132 valence electrons. The molecule has 0 atom stereocenters. The minimum atomic E-state index is -0.677. The number of hydrogen-bond acceptors (Lipinski definition) is 8. The molecule has 2 heterocycles. The Morgan fingerprint density at radius 2 is 1.73 bits per heavy atom. The number of benzene rings is 1. The molecular weight excluding hydrogens is 354 g/mol. The SMILES string of the molecule is NC(=O)N(c1ccccc1)c1nnc(CC(=O)Cc2cnc(N)nc2)s1. The Bertz CT molecular complexity index is 912. The summed E-state index contributed by atoms with van der Waals surface area (Å²) >= 11 is 1.14. The summed E-state index contributed by atoms with van der Waals surface area (Å²) in [6, 6.07) is 8.19. The zero-order valence-electron chi connectivity index (χ0n) is 13.6. The van der Waals surface area contributed by atoms with Crippen LogP contribution >= 0.6 is 11.3 Å². The van der Waals surface area contributed by atoms with Gasteiger partial charge in [-0.05, 0) is 17.7 Å². The Morgan fingerprint density at radius 3 is 2.38 bits per heavy atom. The maximum Gasteiger partial charge on any atom is 0.325 e. The highest BCUT2D eigenvalue weighted by Crippen LogP contribution is 2.28. The molecule has 26 heavy (non-hydrogen) atoms. The number of anilines is 3. The quantitative estimate of drug-likeness (QED) is 0.670. The molecule has 0 aliphatic rings. The number of rotatable bonds is 6. The summed E-state index contributed by atoms with van der Waals surface area (Å²) in [7, 11) is 0. The summed E-state index contributed by atoms with van der Waals surface area (Å²) in [5.41, 5.74) is 12.1. The number of carbonyl (C=O) groups excluding carboxylic acids is 2. The lowest BCUT2D eigenvalue weighted by Crippen LogP contribution is -2.31. The lowest BCUT2D eigenvalue weighted by atomic mass is 10.1. The first-order chi connectivity index (χ1) is 12.5. The molecule has 0 spiro atoms. The van der Waals surface area contributed by atoms with E-state index in [1.54, 1.807) is 24.3 Å². The molecule has 0 bridgehead atoms. The van der Waals surface area contributed by atoms with Gasteiger partial charge in [-0.2, -0.15) is 0 Å². The van der Waals surface area contributed by atoms with Gasteiger partial charge in [-0.25, -0.2) is 19.7 Å². The fourth-order valence-electron chi connectivity index (χ4n) is 2.23. The molecular formula is C16H15N7O2S. The smallest absolute Gasteiger partial charge is 0.325 e. The first kappa shape index (κ1) is 17.4. The predicted molar refractivity (Wildman–Crippen MR) is 96.9 cm³/mol. The molecule has 0 unspecified atom stereocenters. The standard InChI is InChI=1S/C16H15N7O2S/c17-14-19-8-10(9-20-14)6-12(24)7-13-21-22-16(26-13)23(15(18)25)11-4-2-1-3-5-11/h1-5,8-9H,6-7H2,(H2,18,25)(H2,17,19,20). The molecule has 4 N–H and O–H groups in total. The van der Waals surface area contributed by atoms with Crippen LogP contribution in [0.15, 0.2) is 42.7 Å². The molecule has 0 radical (unpaired) electrons. The molecule has 2 amide bonds. The second kappa shape index (κ2) is 7.66. The lowest BCUT2D eigenvalue weighted by molar-refractivity contribution is -0.117. The lowest BCUT2D eigenvalue weighted by Gasteiger charge is -2.16. The van der Waals surface area contributed by atoms with Gasteiger partial charge in [0.1, 0.15) is 10.8 Å². The van der Waals surface area contributed by atoms with Crippen molar-refractivity contribution in [1.82, 2.24) is 20.2 Å². The van der Waals surface area contributed by atoms with E-state index >= 15 is 0 Å². The van der Waals surface area contributed by atoms with Crippen molar-refractivity contribution in [1.29, 1.82) is 0 Å². The van der Waals surface area contributed by atoms with Crippen LogP contribution in [0.1, 0.15) is 10.6 Å². The second-order valence-electron chi connectivity index (χ2n) is 5.33. The number of ketones is 1. The highest BCUT2D eigenvalue weighted by molar-refractivity contribution is 7.15. The van der Waals surface area contributed by atoms with Crippen LogP contribution in [0.5, 0.6) is 0 Å². The summed E-state index contributed by atoms with van der Waals surface area (Å²) in [6.07, 6.45) is 3.27. The van der Waals surface area contributed by atoms with E-state index in [0.29, 0.717) is 21.4 Å². The van der Waals surface area contributed by atoms with E-state index in [9.17, 15) is 9.59 Å². The first-order valence-corrected chi connectivity index (χ1v) is 8.39. The normalized spacial score (nSPS) is 10.5. The van der Waals surface area contributed by atoms with Crippen LogP contribution in [0, 0.1) is 0 Å². The number of nitrogens with two attached hydrogens (primary N) is 2. The maximum atomic E-state index is 12.2. The number of nitrogen functional groups attached to an aromatic ring is 1. The van der Waals surface area contributed by atoms with Crippen molar-refractivity contribution in [2.24, 2.45) is 5.73 Å². The third-order valence-electron chi connectivity index (χ3n) is 3.36. The number of Topliss-reactive ketones (excluding diaryl/α,β-unsaturated/α-hetero) is 1. The van der Waals surface area contributed by atoms with E-state index in [1.807, 2.05) is 6.07 Å². The van der Waals surface area contributed by atoms with Crippen LogP contribution < -0.4 is 16.4 Å². The number of nitrogens with zero attached hydrogens (tertiary/aromatic N) is 5. The number of urea groups is 1. The van der Waals surface area contributed by atoms with Crippen molar-refractivity contribution in [3.63, 3.8) is 0 Å². The molecule has 10 heteroatoms. The highest BCUT2D eigenvalue weighted by atomic mass is 32.1. The topological polar surface area (TPSA) is 141 Å². The molecule has 0 aliphatic carbocycles. The van der Waals surface area contributed by atoms with Gasteiger partial charge in [0, 0.05) is 18.8 Å². The van der Waals surface area contributed by atoms with E-state index in [4.69, 9.17) is 11.5 Å². The fourth-order valence-corrected chi connectivity index (χ4v) is 3.12. The fraction of sp³-hybridized carbons (Fsp3) is 0.125. The largest absolute Gasteiger partial charge is 0.368 e. The van der Waals surface area contributed by atoms with E-state index in [1.165, 1.54) is 17.3 Å². The Hall–Kier alpha value is -3.40. The van der Waals surface area contributed by atoms with Crippen molar-refractivity contribution >= 4 is 39.9 Å². The molecule has 3 rings (SSSR count). The molecule has 2 aromatic heterocycles. The van der Waals surface area contributed by atoms with Gasteiger partial charge in [0.05, 0.1) is 12.1 Å². The van der Waals surface area contributed by atoms with Gasteiger partial charge in [0.15, 0.2) is 0 Å². The number of carbonyl (C=O) groups is 2. The van der Waals surface area contributed by atoms with E-state index in [2.05, 4.69) is 20.2 Å². The van der Waals surface area contributed by atoms with Crippen molar-refractivity contribution < 1.29 is 9.59 Å². The van der Waals surface area contributed by atoms with Crippen LogP contribution in [-0.2, 0) is 17.6 Å². The van der Waals surface area contributed by atoms with Crippen LogP contribution in [0.25, 0.3) is 0 Å². The van der Waals surface area contributed by atoms with Crippen molar-refractivity contribution in [2.45, 2.75) is 12.8 Å². The zero-order valence-corrected chi connectivity index (χ0v) is 14.4. The average Bonchev–Trinajstić information content (AvgIpc) is 3.05. The monoisotopic (exact) mass is 369 g/mol. The Kier molecular flexibility index (Phi) is 5.13. The van der Waals surface area contributed by atoms with Gasteiger partial charge >= 0.3 is 6.03 Å². The number of amides is 2. The predicted octanol–water partition coefficient (Wildman–Crippen LogP) is 1.48. The minimum Gasteiger partial charge on any atom is -0.368 e.